The molecule has 3 aromatic heterocycles. The molecule has 0 amide bonds. The van der Waals surface area contributed by atoms with Gasteiger partial charge in [0.2, 0.25) is 0 Å². The van der Waals surface area contributed by atoms with Crippen molar-refractivity contribution in [3.05, 3.63) is 72.7 Å². The molecule has 5 aromatic rings. The van der Waals surface area contributed by atoms with Gasteiger partial charge < -0.3 is 30.4 Å². The standard InChI is InChI=1S/C28H25F2N5O4/c1-36-26-8-20-19-7-24(35-28(32)21(19)12-34-25(20)9-27(26)37-2)15-5-18(11-33-10-15)39-14-16(31)13-38-17-3-4-22(29)23(30)6-17/h3-12,16H,13-14,31H2,1-2H3,(H2,32,35)/t16-/m0/s1. The Labute approximate surface area is 222 Å². The maximum atomic E-state index is 13.4. The molecule has 39 heavy (non-hydrogen) atoms. The summed E-state index contributed by atoms with van der Waals surface area (Å²) in [5.41, 5.74) is 14.4. The largest absolute Gasteiger partial charge is 0.493 e. The average Bonchev–Trinajstić information content (AvgIpc) is 2.95. The molecule has 0 unspecified atom stereocenters. The van der Waals surface area contributed by atoms with Gasteiger partial charge in [-0.3, -0.25) is 9.97 Å². The van der Waals surface area contributed by atoms with Gasteiger partial charge >= 0.3 is 0 Å². The van der Waals surface area contributed by atoms with Gasteiger partial charge in [-0.1, -0.05) is 0 Å². The van der Waals surface area contributed by atoms with E-state index in [1.807, 2.05) is 12.1 Å². The number of nitrogens with zero attached hydrogens (tertiary/aromatic N) is 3. The highest BCUT2D eigenvalue weighted by molar-refractivity contribution is 6.10. The minimum atomic E-state index is -0.994. The van der Waals surface area contributed by atoms with E-state index in [9.17, 15) is 8.78 Å². The Morgan fingerprint density at radius 2 is 1.54 bits per heavy atom. The first-order chi connectivity index (χ1) is 18.9. The van der Waals surface area contributed by atoms with Crippen LogP contribution in [0.1, 0.15) is 0 Å². The zero-order valence-electron chi connectivity index (χ0n) is 21.2. The molecule has 9 nitrogen and oxygen atoms in total. The Hall–Kier alpha value is -4.77. The number of rotatable bonds is 9. The molecule has 0 spiro atoms. The molecule has 2 aromatic carbocycles. The van der Waals surface area contributed by atoms with E-state index in [1.54, 1.807) is 44.9 Å². The smallest absolute Gasteiger partial charge is 0.162 e. The van der Waals surface area contributed by atoms with Crippen molar-refractivity contribution in [1.82, 2.24) is 15.0 Å². The molecule has 200 valence electrons. The van der Waals surface area contributed by atoms with E-state index in [-0.39, 0.29) is 19.0 Å². The Balaban J connectivity index is 1.36. The second-order valence-corrected chi connectivity index (χ2v) is 8.70. The van der Waals surface area contributed by atoms with Gasteiger partial charge in [0.05, 0.1) is 37.7 Å². The molecule has 1 atom stereocenters. The summed E-state index contributed by atoms with van der Waals surface area (Å²) in [4.78, 5) is 13.3. The molecular formula is C28H25F2N5O4. The van der Waals surface area contributed by atoms with Crippen molar-refractivity contribution in [2.24, 2.45) is 5.73 Å². The van der Waals surface area contributed by atoms with Crippen molar-refractivity contribution < 1.29 is 27.7 Å². The lowest BCUT2D eigenvalue weighted by atomic mass is 10.0. The molecule has 0 aliphatic carbocycles. The highest BCUT2D eigenvalue weighted by Gasteiger charge is 2.14. The maximum Gasteiger partial charge on any atom is 0.162 e. The highest BCUT2D eigenvalue weighted by atomic mass is 19.2. The van der Waals surface area contributed by atoms with E-state index in [2.05, 4.69) is 15.0 Å². The van der Waals surface area contributed by atoms with Crippen LogP contribution in [0, 0.1) is 11.6 Å². The van der Waals surface area contributed by atoms with Crippen LogP contribution in [0.3, 0.4) is 0 Å². The third-order valence-corrected chi connectivity index (χ3v) is 6.04. The van der Waals surface area contributed by atoms with Crippen molar-refractivity contribution >= 4 is 27.5 Å². The van der Waals surface area contributed by atoms with Crippen molar-refractivity contribution in [1.29, 1.82) is 0 Å². The maximum absolute atomic E-state index is 13.4. The average molecular weight is 534 g/mol. The van der Waals surface area contributed by atoms with E-state index >= 15 is 0 Å². The number of fused-ring (bicyclic) bond motifs is 3. The molecule has 0 saturated carbocycles. The van der Waals surface area contributed by atoms with Crippen LogP contribution in [-0.4, -0.2) is 48.4 Å². The number of aromatic nitrogens is 3. The van der Waals surface area contributed by atoms with Crippen molar-refractivity contribution in [2.45, 2.75) is 6.04 Å². The first-order valence-electron chi connectivity index (χ1n) is 11.9. The third-order valence-electron chi connectivity index (χ3n) is 6.04. The van der Waals surface area contributed by atoms with Gasteiger partial charge in [-0.05, 0) is 35.7 Å². The molecule has 3 heterocycles. The topological polar surface area (TPSA) is 128 Å². The predicted molar refractivity (Wildman–Crippen MR) is 143 cm³/mol. The lowest BCUT2D eigenvalue weighted by Crippen LogP contribution is -2.34. The van der Waals surface area contributed by atoms with E-state index in [0.717, 1.165) is 22.9 Å². The molecule has 11 heteroatoms. The molecule has 0 radical (unpaired) electrons. The zero-order chi connectivity index (χ0) is 27.5. The van der Waals surface area contributed by atoms with Crippen molar-refractivity contribution in [3.63, 3.8) is 0 Å². The fraction of sp³-hybridized carbons (Fsp3) is 0.179. The molecule has 0 bridgehead atoms. The fourth-order valence-electron chi connectivity index (χ4n) is 4.07. The summed E-state index contributed by atoms with van der Waals surface area (Å²) in [6, 6.07) is 10.1. The highest BCUT2D eigenvalue weighted by Crippen LogP contribution is 2.37. The van der Waals surface area contributed by atoms with E-state index in [4.69, 9.17) is 30.4 Å². The summed E-state index contributed by atoms with van der Waals surface area (Å²) in [5, 5.41) is 2.37. The van der Waals surface area contributed by atoms with Gasteiger partial charge in [-0.25, -0.2) is 13.8 Å². The Bertz CT molecular complexity index is 1670. The SMILES string of the molecule is COc1cc2ncc3c(N)nc(-c4cncc(OC[C@@H](N)COc5ccc(F)c(F)c5)c4)cc3c2cc1OC. The Kier molecular flexibility index (Phi) is 7.24. The van der Waals surface area contributed by atoms with Crippen molar-refractivity contribution in [3.8, 4) is 34.3 Å². The van der Waals surface area contributed by atoms with Crippen LogP contribution in [0.25, 0.3) is 32.9 Å². The number of hydrogen-bond acceptors (Lipinski definition) is 9. The number of halogens is 2. The Morgan fingerprint density at radius 1 is 0.795 bits per heavy atom. The number of ether oxygens (including phenoxy) is 4. The molecule has 0 saturated heterocycles. The van der Waals surface area contributed by atoms with Crippen LogP contribution in [0.4, 0.5) is 14.6 Å². The van der Waals surface area contributed by atoms with E-state index in [1.165, 1.54) is 6.07 Å². The summed E-state index contributed by atoms with van der Waals surface area (Å²) in [6.07, 6.45) is 4.88. The van der Waals surface area contributed by atoms with Crippen LogP contribution >= 0.6 is 0 Å². The number of nitrogen functional groups attached to an aromatic ring is 1. The number of methoxy groups -OCH3 is 2. The Morgan fingerprint density at radius 3 is 2.28 bits per heavy atom. The van der Waals surface area contributed by atoms with Crippen LogP contribution < -0.4 is 30.4 Å². The van der Waals surface area contributed by atoms with Gasteiger partial charge in [0.25, 0.3) is 0 Å². The number of hydrogen-bond donors (Lipinski definition) is 2. The van der Waals surface area contributed by atoms with Gasteiger partial charge in [0.15, 0.2) is 23.1 Å². The number of anilines is 1. The molecule has 4 N–H and O–H groups in total. The van der Waals surface area contributed by atoms with Gasteiger partial charge in [-0.2, -0.15) is 0 Å². The first-order valence-corrected chi connectivity index (χ1v) is 11.9. The second-order valence-electron chi connectivity index (χ2n) is 8.70. The summed E-state index contributed by atoms with van der Waals surface area (Å²) in [7, 11) is 3.14. The van der Waals surface area contributed by atoms with Crippen molar-refractivity contribution in [2.75, 3.05) is 33.2 Å². The third kappa shape index (κ3) is 5.43. The lowest BCUT2D eigenvalue weighted by molar-refractivity contribution is 0.219. The molecule has 0 aliphatic heterocycles. The molecule has 0 fully saturated rings. The van der Waals surface area contributed by atoms with Gasteiger partial charge in [0.1, 0.15) is 30.5 Å². The number of pyridine rings is 3. The van der Waals surface area contributed by atoms with Gasteiger partial charge in [0, 0.05) is 40.9 Å². The van der Waals surface area contributed by atoms with Crippen LogP contribution in [0.2, 0.25) is 0 Å². The lowest BCUT2D eigenvalue weighted by Gasteiger charge is -2.15. The summed E-state index contributed by atoms with van der Waals surface area (Å²) in [5.74, 6) is 0.143. The molecule has 0 aliphatic rings. The number of nitrogens with two attached hydrogens (primary N) is 2. The minimum absolute atomic E-state index is 0.0380. The summed E-state index contributed by atoms with van der Waals surface area (Å²) < 4.78 is 48.6. The number of benzene rings is 2. The second kappa shape index (κ2) is 10.9. The summed E-state index contributed by atoms with van der Waals surface area (Å²) >= 11 is 0. The predicted octanol–water partition coefficient (Wildman–Crippen LogP) is 4.51. The minimum Gasteiger partial charge on any atom is -0.493 e. The van der Waals surface area contributed by atoms with Crippen LogP contribution in [-0.2, 0) is 0 Å². The quantitative estimate of drug-likeness (QED) is 0.263. The monoisotopic (exact) mass is 533 g/mol. The molecular weight excluding hydrogens is 508 g/mol. The van der Waals surface area contributed by atoms with Crippen LogP contribution in [0.15, 0.2) is 61.1 Å². The first kappa shape index (κ1) is 25.9. The zero-order valence-corrected chi connectivity index (χ0v) is 21.2. The normalized spacial score (nSPS) is 11.9. The van der Waals surface area contributed by atoms with Gasteiger partial charge in [-0.15, -0.1) is 0 Å². The molecule has 5 rings (SSSR count). The van der Waals surface area contributed by atoms with E-state index in [0.29, 0.717) is 45.2 Å². The summed E-state index contributed by atoms with van der Waals surface area (Å²) in [6.45, 7) is 0.135. The van der Waals surface area contributed by atoms with E-state index < -0.39 is 17.7 Å². The van der Waals surface area contributed by atoms with Crippen LogP contribution in [0.5, 0.6) is 23.0 Å². The fourth-order valence-corrected chi connectivity index (χ4v) is 4.07.